The second-order valence-corrected chi connectivity index (χ2v) is 5.55. The van der Waals surface area contributed by atoms with E-state index < -0.39 is 7.82 Å². The molecule has 1 aliphatic rings. The molecule has 0 unspecified atom stereocenters. The number of rotatable bonds is 4. The third kappa shape index (κ3) is 7.27. The number of ether oxygens (including phenoxy) is 3. The smallest absolute Gasteiger partial charge is 0.395 e. The van der Waals surface area contributed by atoms with Crippen molar-refractivity contribution in [2.24, 2.45) is 0 Å². The Morgan fingerprint density at radius 2 is 1.09 bits per heavy atom. The van der Waals surface area contributed by atoms with E-state index in [1.54, 1.807) is 60.7 Å². The van der Waals surface area contributed by atoms with Crippen LogP contribution in [-0.2, 0) is 18.8 Å². The Kier molecular flexibility index (Phi) is 7.06. The van der Waals surface area contributed by atoms with Crippen LogP contribution in [0.2, 0.25) is 0 Å². The lowest BCUT2D eigenvalue weighted by atomic mass is 10.3. The van der Waals surface area contributed by atoms with Gasteiger partial charge in [0.05, 0.1) is 0 Å². The number of hydrogen-bond acceptors (Lipinski definition) is 6. The molecule has 23 heavy (non-hydrogen) atoms. The predicted molar refractivity (Wildman–Crippen MR) is 81.8 cm³/mol. The van der Waals surface area contributed by atoms with Gasteiger partial charge in [0, 0.05) is 0 Å². The zero-order valence-electron chi connectivity index (χ0n) is 12.2. The van der Waals surface area contributed by atoms with E-state index in [1.807, 2.05) is 0 Å². The molecule has 2 aromatic carbocycles. The summed E-state index contributed by atoms with van der Waals surface area (Å²) in [5, 5.41) is 0. The Balaban J connectivity index is 0.000000268. The fourth-order valence-corrected chi connectivity index (χ4v) is 2.34. The molecule has 0 bridgehead atoms. The molecule has 8 heteroatoms. The Labute approximate surface area is 133 Å². The summed E-state index contributed by atoms with van der Waals surface area (Å²) in [5.41, 5.74) is 0. The van der Waals surface area contributed by atoms with Gasteiger partial charge in [0.25, 0.3) is 0 Å². The molecule has 1 N–H and O–H groups in total. The highest BCUT2D eigenvalue weighted by atomic mass is 31.2. The van der Waals surface area contributed by atoms with E-state index in [0.717, 1.165) is 0 Å². The van der Waals surface area contributed by atoms with Gasteiger partial charge in [-0.1, -0.05) is 36.4 Å². The maximum absolute atomic E-state index is 11.7. The Hall–Kier alpha value is -1.89. The maximum atomic E-state index is 11.7. The largest absolute Gasteiger partial charge is 0.584 e. The van der Waals surface area contributed by atoms with Gasteiger partial charge in [-0.15, -0.1) is 0 Å². The summed E-state index contributed by atoms with van der Waals surface area (Å²) in [6.07, 6.45) is 0. The van der Waals surface area contributed by atoms with Crippen LogP contribution >= 0.6 is 7.82 Å². The Bertz CT molecular complexity index is 545. The molecular weight excluding hydrogens is 323 g/mol. The van der Waals surface area contributed by atoms with Gasteiger partial charge < -0.3 is 23.3 Å². The number of phosphoric acid groups is 1. The molecular formula is C15H17O7P. The zero-order valence-corrected chi connectivity index (χ0v) is 13.1. The van der Waals surface area contributed by atoms with E-state index in [0.29, 0.717) is 20.4 Å². The van der Waals surface area contributed by atoms with Crippen LogP contribution in [0.15, 0.2) is 60.7 Å². The van der Waals surface area contributed by atoms with E-state index in [9.17, 15) is 9.46 Å². The molecule has 0 spiro atoms. The van der Waals surface area contributed by atoms with Crippen LogP contribution in [0.1, 0.15) is 0 Å². The lowest BCUT2D eigenvalue weighted by Crippen LogP contribution is -2.14. The average Bonchev–Trinajstić information content (AvgIpc) is 2.58. The summed E-state index contributed by atoms with van der Waals surface area (Å²) < 4.78 is 35.3. The van der Waals surface area contributed by atoms with Crippen LogP contribution in [0.3, 0.4) is 0 Å². The molecule has 1 heterocycles. The first-order chi connectivity index (χ1) is 11.2. The normalized spacial score (nSPS) is 14.3. The van der Waals surface area contributed by atoms with Gasteiger partial charge in [0.2, 0.25) is 0 Å². The van der Waals surface area contributed by atoms with Gasteiger partial charge in [-0.2, -0.15) is 0 Å². The molecule has 0 radical (unpaired) electrons. The van der Waals surface area contributed by atoms with E-state index in [-0.39, 0.29) is 11.5 Å². The molecule has 124 valence electrons. The summed E-state index contributed by atoms with van der Waals surface area (Å²) in [4.78, 5) is 9.53. The summed E-state index contributed by atoms with van der Waals surface area (Å²) in [5.74, 6) is 0.573. The summed E-state index contributed by atoms with van der Waals surface area (Å²) >= 11 is 0. The molecule has 1 fully saturated rings. The molecule has 2 aromatic rings. The molecule has 0 amide bonds. The van der Waals surface area contributed by atoms with E-state index in [4.69, 9.17) is 9.05 Å². The first-order valence-corrected chi connectivity index (χ1v) is 8.20. The maximum Gasteiger partial charge on any atom is 0.584 e. The van der Waals surface area contributed by atoms with Crippen molar-refractivity contribution in [3.63, 3.8) is 0 Å². The number of para-hydroxylation sites is 2. The number of phosphoric ester groups is 1. The number of hydrogen-bond donors (Lipinski definition) is 1. The van der Waals surface area contributed by atoms with Crippen molar-refractivity contribution in [2.45, 2.75) is 0 Å². The monoisotopic (exact) mass is 340 g/mol. The van der Waals surface area contributed by atoms with Crippen molar-refractivity contribution < 1.29 is 32.7 Å². The SMILES string of the molecule is C1OCOCO1.O=P(O)(Oc1ccccc1)Oc1ccccc1. The van der Waals surface area contributed by atoms with Crippen LogP contribution in [0.5, 0.6) is 11.5 Å². The van der Waals surface area contributed by atoms with Gasteiger partial charge in [0.1, 0.15) is 11.5 Å². The third-order valence-electron chi connectivity index (χ3n) is 2.43. The van der Waals surface area contributed by atoms with Gasteiger partial charge in [-0.3, -0.25) is 4.89 Å². The van der Waals surface area contributed by atoms with E-state index in [1.165, 1.54) is 0 Å². The molecule has 0 atom stereocenters. The lowest BCUT2D eigenvalue weighted by molar-refractivity contribution is -0.247. The molecule has 0 aliphatic carbocycles. The second-order valence-electron chi connectivity index (χ2n) is 4.24. The van der Waals surface area contributed by atoms with Crippen LogP contribution in [0.4, 0.5) is 0 Å². The van der Waals surface area contributed by atoms with Crippen LogP contribution in [0, 0.1) is 0 Å². The van der Waals surface area contributed by atoms with Crippen molar-refractivity contribution in [1.29, 1.82) is 0 Å². The van der Waals surface area contributed by atoms with Crippen LogP contribution < -0.4 is 9.05 Å². The van der Waals surface area contributed by atoms with Gasteiger partial charge >= 0.3 is 7.82 Å². The highest BCUT2D eigenvalue weighted by molar-refractivity contribution is 7.48. The predicted octanol–water partition coefficient (Wildman–Crippen LogP) is 3.17. The van der Waals surface area contributed by atoms with Crippen molar-refractivity contribution in [3.05, 3.63) is 60.7 Å². The van der Waals surface area contributed by atoms with Crippen LogP contribution in [-0.4, -0.2) is 25.3 Å². The minimum absolute atomic E-state index is 0.286. The second kappa shape index (κ2) is 9.29. The van der Waals surface area contributed by atoms with Crippen molar-refractivity contribution in [3.8, 4) is 11.5 Å². The fourth-order valence-electron chi connectivity index (χ4n) is 1.53. The summed E-state index contributed by atoms with van der Waals surface area (Å²) in [6.45, 7) is 1.12. The first-order valence-electron chi connectivity index (χ1n) is 6.71. The van der Waals surface area contributed by atoms with Crippen molar-refractivity contribution in [1.82, 2.24) is 0 Å². The first kappa shape index (κ1) is 17.5. The van der Waals surface area contributed by atoms with Crippen molar-refractivity contribution in [2.75, 3.05) is 20.4 Å². The molecule has 1 saturated heterocycles. The molecule has 7 nitrogen and oxygen atoms in total. The minimum atomic E-state index is -4.14. The lowest BCUT2D eigenvalue weighted by Gasteiger charge is -2.13. The third-order valence-corrected chi connectivity index (χ3v) is 3.31. The quantitative estimate of drug-likeness (QED) is 0.856. The topological polar surface area (TPSA) is 83.5 Å². The average molecular weight is 340 g/mol. The highest BCUT2D eigenvalue weighted by Gasteiger charge is 2.24. The van der Waals surface area contributed by atoms with E-state index >= 15 is 0 Å². The minimum Gasteiger partial charge on any atom is -0.395 e. The summed E-state index contributed by atoms with van der Waals surface area (Å²) in [6, 6.07) is 16.7. The van der Waals surface area contributed by atoms with E-state index in [2.05, 4.69) is 14.2 Å². The molecule has 0 aromatic heterocycles. The zero-order chi connectivity index (χ0) is 16.4. The number of benzene rings is 2. The fraction of sp³-hybridized carbons (Fsp3) is 0.200. The van der Waals surface area contributed by atoms with Crippen molar-refractivity contribution >= 4 is 7.82 Å². The Morgan fingerprint density at radius 3 is 1.39 bits per heavy atom. The standard InChI is InChI=1S/C12H11O4P.C3H6O3/c13-17(14,15-11-7-3-1-4-8-11)16-12-9-5-2-6-10-12;1-4-2-6-3-5-1/h1-10H,(H,13,14);1-3H2. The molecule has 0 saturated carbocycles. The molecule has 3 rings (SSSR count). The van der Waals surface area contributed by atoms with Gasteiger partial charge in [0.15, 0.2) is 20.4 Å². The van der Waals surface area contributed by atoms with Gasteiger partial charge in [-0.05, 0) is 24.3 Å². The highest BCUT2D eigenvalue weighted by Crippen LogP contribution is 2.44. The van der Waals surface area contributed by atoms with Crippen LogP contribution in [0.25, 0.3) is 0 Å². The summed E-state index contributed by atoms with van der Waals surface area (Å²) in [7, 11) is -4.14. The Morgan fingerprint density at radius 1 is 0.739 bits per heavy atom. The van der Waals surface area contributed by atoms with Gasteiger partial charge in [-0.25, -0.2) is 4.57 Å². The molecule has 1 aliphatic heterocycles.